The van der Waals surface area contributed by atoms with Crippen LogP contribution in [0.2, 0.25) is 0 Å². The van der Waals surface area contributed by atoms with Gasteiger partial charge in [-0.1, -0.05) is 42.0 Å². The molecule has 3 aromatic carbocycles. The zero-order valence-corrected chi connectivity index (χ0v) is 17.2. The third kappa shape index (κ3) is 4.45. The number of esters is 1. The molecule has 0 spiro atoms. The van der Waals surface area contributed by atoms with Gasteiger partial charge in [0.2, 0.25) is 5.76 Å². The lowest BCUT2D eigenvalue weighted by Gasteiger charge is -2.12. The number of hydrogen-bond acceptors (Lipinski definition) is 6. The maximum Gasteiger partial charge on any atom is 0.340 e. The molecule has 4 aromatic rings. The third-order valence-corrected chi connectivity index (χ3v) is 4.77. The van der Waals surface area contributed by atoms with Crippen LogP contribution in [0.1, 0.15) is 21.7 Å². The van der Waals surface area contributed by atoms with Crippen molar-refractivity contribution in [2.24, 2.45) is 0 Å². The molecule has 7 nitrogen and oxygen atoms in total. The zero-order valence-electron chi connectivity index (χ0n) is 17.2. The van der Waals surface area contributed by atoms with E-state index in [2.05, 4.69) is 10.6 Å². The van der Waals surface area contributed by atoms with E-state index in [9.17, 15) is 14.9 Å². The quantitative estimate of drug-likeness (QED) is 0.414. The number of nitrogens with zero attached hydrogens (tertiary/aromatic N) is 1. The van der Waals surface area contributed by atoms with Crippen LogP contribution in [-0.2, 0) is 9.53 Å². The zero-order chi connectivity index (χ0) is 22.5. The van der Waals surface area contributed by atoms with Crippen LogP contribution in [0.4, 0.5) is 17.1 Å². The minimum atomic E-state index is -0.645. The van der Waals surface area contributed by atoms with Crippen LogP contribution < -0.4 is 10.6 Å². The molecule has 158 valence electrons. The van der Waals surface area contributed by atoms with Crippen LogP contribution in [-0.4, -0.2) is 18.5 Å². The first-order chi connectivity index (χ1) is 15.5. The number of nitriles is 1. The Morgan fingerprint density at radius 2 is 1.72 bits per heavy atom. The summed E-state index contributed by atoms with van der Waals surface area (Å²) in [5, 5.41) is 15.7. The molecular weight excluding hydrogens is 406 g/mol. The SMILES string of the molecule is Cc1ccc(Nc2ccccc2C(=O)OCC(=O)Nc2c(C#N)oc3ccccc23)cc1. The first kappa shape index (κ1) is 20.7. The van der Waals surface area contributed by atoms with Crippen LogP contribution in [0.3, 0.4) is 0 Å². The number of rotatable bonds is 6. The van der Waals surface area contributed by atoms with Crippen LogP contribution in [0, 0.1) is 18.3 Å². The fraction of sp³-hybridized carbons (Fsp3) is 0.0800. The Bertz CT molecular complexity index is 1330. The Balaban J connectivity index is 1.44. The molecular formula is C25H19N3O4. The number of amides is 1. The van der Waals surface area contributed by atoms with E-state index < -0.39 is 18.5 Å². The van der Waals surface area contributed by atoms with E-state index in [1.807, 2.05) is 37.3 Å². The van der Waals surface area contributed by atoms with Gasteiger partial charge >= 0.3 is 5.97 Å². The number of anilines is 3. The molecule has 0 saturated carbocycles. The van der Waals surface area contributed by atoms with Gasteiger partial charge < -0.3 is 19.8 Å². The Kier molecular flexibility index (Phi) is 5.86. The van der Waals surface area contributed by atoms with Crippen molar-refractivity contribution in [3.8, 4) is 6.07 Å². The smallest absolute Gasteiger partial charge is 0.340 e. The van der Waals surface area contributed by atoms with Gasteiger partial charge in [0.15, 0.2) is 6.61 Å². The Hall–Kier alpha value is -4.57. The molecule has 0 aliphatic heterocycles. The van der Waals surface area contributed by atoms with Crippen LogP contribution in [0.25, 0.3) is 11.0 Å². The van der Waals surface area contributed by atoms with E-state index in [1.54, 1.807) is 48.5 Å². The van der Waals surface area contributed by atoms with Crippen LogP contribution in [0.5, 0.6) is 0 Å². The molecule has 1 amide bonds. The Morgan fingerprint density at radius 3 is 2.50 bits per heavy atom. The maximum absolute atomic E-state index is 12.6. The van der Waals surface area contributed by atoms with Crippen molar-refractivity contribution in [3.63, 3.8) is 0 Å². The van der Waals surface area contributed by atoms with Crippen molar-refractivity contribution in [2.45, 2.75) is 6.92 Å². The molecule has 4 rings (SSSR count). The van der Waals surface area contributed by atoms with Crippen molar-refractivity contribution in [3.05, 3.63) is 89.7 Å². The number of carbonyl (C=O) groups excluding carboxylic acids is 2. The summed E-state index contributed by atoms with van der Waals surface area (Å²) in [5.74, 6) is -1.24. The van der Waals surface area contributed by atoms with Gasteiger partial charge in [0.25, 0.3) is 5.91 Å². The second-order valence-electron chi connectivity index (χ2n) is 7.08. The van der Waals surface area contributed by atoms with E-state index in [1.165, 1.54) is 0 Å². The second-order valence-corrected chi connectivity index (χ2v) is 7.08. The van der Waals surface area contributed by atoms with Gasteiger partial charge in [0.1, 0.15) is 17.3 Å². The predicted molar refractivity (Wildman–Crippen MR) is 121 cm³/mol. The summed E-state index contributed by atoms with van der Waals surface area (Å²) in [6.07, 6.45) is 0. The number of benzene rings is 3. The first-order valence-electron chi connectivity index (χ1n) is 9.86. The molecule has 32 heavy (non-hydrogen) atoms. The molecule has 0 aliphatic rings. The molecule has 0 fully saturated rings. The summed E-state index contributed by atoms with van der Waals surface area (Å²) in [4.78, 5) is 25.0. The highest BCUT2D eigenvalue weighted by molar-refractivity contribution is 6.04. The van der Waals surface area contributed by atoms with Gasteiger partial charge in [-0.05, 0) is 43.3 Å². The number of hydrogen-bond donors (Lipinski definition) is 2. The highest BCUT2D eigenvalue weighted by Gasteiger charge is 2.18. The monoisotopic (exact) mass is 425 g/mol. The highest BCUT2D eigenvalue weighted by Crippen LogP contribution is 2.30. The van der Waals surface area contributed by atoms with Gasteiger partial charge in [-0.3, -0.25) is 4.79 Å². The molecule has 0 atom stereocenters. The Morgan fingerprint density at radius 1 is 1.00 bits per heavy atom. The average Bonchev–Trinajstić information content (AvgIpc) is 3.17. The number of fused-ring (bicyclic) bond motifs is 1. The summed E-state index contributed by atoms with van der Waals surface area (Å²) < 4.78 is 10.6. The van der Waals surface area contributed by atoms with E-state index in [4.69, 9.17) is 9.15 Å². The number of carbonyl (C=O) groups is 2. The standard InChI is InChI=1S/C25H19N3O4/c1-16-10-12-17(13-11-16)27-20-8-4-2-6-18(20)25(30)31-15-23(29)28-24-19-7-3-5-9-21(19)32-22(24)14-26/h2-13,27H,15H2,1H3,(H,28,29). The van der Waals surface area contributed by atoms with Gasteiger partial charge in [-0.15, -0.1) is 0 Å². The normalized spacial score (nSPS) is 10.4. The van der Waals surface area contributed by atoms with Gasteiger partial charge in [0, 0.05) is 11.1 Å². The molecule has 2 N–H and O–H groups in total. The molecule has 1 heterocycles. The summed E-state index contributed by atoms with van der Waals surface area (Å²) in [6.45, 7) is 1.48. The number of nitrogens with one attached hydrogen (secondary N) is 2. The van der Waals surface area contributed by atoms with E-state index >= 15 is 0 Å². The molecule has 0 aliphatic carbocycles. The van der Waals surface area contributed by atoms with Crippen molar-refractivity contribution in [1.29, 1.82) is 5.26 Å². The third-order valence-electron chi connectivity index (χ3n) is 4.77. The highest BCUT2D eigenvalue weighted by atomic mass is 16.5. The first-order valence-corrected chi connectivity index (χ1v) is 9.86. The summed E-state index contributed by atoms with van der Waals surface area (Å²) in [7, 11) is 0. The molecule has 0 bridgehead atoms. The van der Waals surface area contributed by atoms with Crippen molar-refractivity contribution < 1.29 is 18.7 Å². The molecule has 0 unspecified atom stereocenters. The molecule has 0 radical (unpaired) electrons. The number of furan rings is 1. The molecule has 1 aromatic heterocycles. The fourth-order valence-corrected chi connectivity index (χ4v) is 3.20. The summed E-state index contributed by atoms with van der Waals surface area (Å²) in [6, 6.07) is 23.5. The number of para-hydroxylation sites is 2. The largest absolute Gasteiger partial charge is 0.452 e. The minimum absolute atomic E-state index is 0.0153. The fourth-order valence-electron chi connectivity index (χ4n) is 3.20. The van der Waals surface area contributed by atoms with E-state index in [0.29, 0.717) is 22.2 Å². The predicted octanol–water partition coefficient (Wildman–Crippen LogP) is 5.15. The van der Waals surface area contributed by atoms with Crippen LogP contribution >= 0.6 is 0 Å². The number of ether oxygens (including phenoxy) is 1. The number of aryl methyl sites for hydroxylation is 1. The van der Waals surface area contributed by atoms with Gasteiger partial charge in [0.05, 0.1) is 11.3 Å². The lowest BCUT2D eigenvalue weighted by molar-refractivity contribution is -0.119. The van der Waals surface area contributed by atoms with Gasteiger partial charge in [-0.2, -0.15) is 5.26 Å². The van der Waals surface area contributed by atoms with Crippen molar-refractivity contribution in [1.82, 2.24) is 0 Å². The van der Waals surface area contributed by atoms with Crippen molar-refractivity contribution >= 4 is 39.9 Å². The maximum atomic E-state index is 12.6. The molecule has 0 saturated heterocycles. The lowest BCUT2D eigenvalue weighted by Crippen LogP contribution is -2.21. The molecule has 7 heteroatoms. The van der Waals surface area contributed by atoms with Gasteiger partial charge in [-0.25, -0.2) is 4.79 Å². The minimum Gasteiger partial charge on any atom is -0.452 e. The summed E-state index contributed by atoms with van der Waals surface area (Å²) in [5.41, 5.74) is 3.54. The topological polar surface area (TPSA) is 104 Å². The van der Waals surface area contributed by atoms with Crippen LogP contribution in [0.15, 0.2) is 77.2 Å². The lowest BCUT2D eigenvalue weighted by atomic mass is 10.1. The van der Waals surface area contributed by atoms with E-state index in [-0.39, 0.29) is 11.4 Å². The van der Waals surface area contributed by atoms with Crippen molar-refractivity contribution in [2.75, 3.05) is 17.2 Å². The second kappa shape index (κ2) is 9.06. The van der Waals surface area contributed by atoms with E-state index in [0.717, 1.165) is 11.3 Å². The average molecular weight is 425 g/mol. The summed E-state index contributed by atoms with van der Waals surface area (Å²) >= 11 is 0. The Labute approximate surface area is 184 Å².